The first-order valence-corrected chi connectivity index (χ1v) is 8.73. The Balaban J connectivity index is 1.87. The standard InChI is InChI=1S/C20H19Cl2NO3/c1-3-10-26-18-8-4-14(11-19(18)25-2)5-9-20(24)23-13-15-6-7-16(21)12-17(15)22/h1,4,6-8,11-12H,5,9-10,13H2,2H3,(H,23,24). The van der Waals surface area contributed by atoms with Crippen LogP contribution in [-0.4, -0.2) is 19.6 Å². The summed E-state index contributed by atoms with van der Waals surface area (Å²) < 4.78 is 10.7. The zero-order valence-corrected chi connectivity index (χ0v) is 15.9. The van der Waals surface area contributed by atoms with Crippen LogP contribution in [0.1, 0.15) is 17.5 Å². The van der Waals surface area contributed by atoms with Crippen molar-refractivity contribution in [2.75, 3.05) is 13.7 Å². The topological polar surface area (TPSA) is 47.6 Å². The molecule has 0 aromatic heterocycles. The average molecular weight is 392 g/mol. The second-order valence-corrected chi connectivity index (χ2v) is 6.33. The number of amides is 1. The molecule has 1 amide bonds. The van der Waals surface area contributed by atoms with Gasteiger partial charge < -0.3 is 14.8 Å². The molecule has 2 rings (SSSR count). The molecule has 0 heterocycles. The third-order valence-corrected chi connectivity index (χ3v) is 4.26. The number of carbonyl (C=O) groups is 1. The van der Waals surface area contributed by atoms with Gasteiger partial charge in [-0.15, -0.1) is 6.42 Å². The number of carbonyl (C=O) groups excluding carboxylic acids is 1. The van der Waals surface area contributed by atoms with Crippen molar-refractivity contribution < 1.29 is 14.3 Å². The van der Waals surface area contributed by atoms with E-state index >= 15 is 0 Å². The number of aryl methyl sites for hydroxylation is 1. The fourth-order valence-corrected chi connectivity index (χ4v) is 2.79. The van der Waals surface area contributed by atoms with E-state index in [1.807, 2.05) is 12.1 Å². The van der Waals surface area contributed by atoms with Gasteiger partial charge in [-0.25, -0.2) is 0 Å². The summed E-state index contributed by atoms with van der Waals surface area (Å²) in [7, 11) is 1.56. The summed E-state index contributed by atoms with van der Waals surface area (Å²) in [6.07, 6.45) is 6.11. The molecule has 0 spiro atoms. The molecular weight excluding hydrogens is 373 g/mol. The third-order valence-electron chi connectivity index (χ3n) is 3.67. The highest BCUT2D eigenvalue weighted by Crippen LogP contribution is 2.28. The van der Waals surface area contributed by atoms with Crippen LogP contribution in [0.4, 0.5) is 0 Å². The Hall–Kier alpha value is -2.35. The first-order valence-electron chi connectivity index (χ1n) is 7.97. The van der Waals surface area contributed by atoms with E-state index in [1.165, 1.54) is 0 Å². The molecule has 0 saturated heterocycles. The second kappa shape index (κ2) is 9.96. The van der Waals surface area contributed by atoms with Gasteiger partial charge in [-0.1, -0.05) is 41.3 Å². The lowest BCUT2D eigenvalue weighted by atomic mass is 10.1. The van der Waals surface area contributed by atoms with Gasteiger partial charge in [0.15, 0.2) is 11.5 Å². The molecule has 0 aliphatic rings. The van der Waals surface area contributed by atoms with Crippen molar-refractivity contribution in [1.82, 2.24) is 5.32 Å². The SMILES string of the molecule is C#CCOc1ccc(CCC(=O)NCc2ccc(Cl)cc2Cl)cc1OC. The molecule has 0 fully saturated rings. The largest absolute Gasteiger partial charge is 0.493 e. The van der Waals surface area contributed by atoms with Gasteiger partial charge in [0.05, 0.1) is 7.11 Å². The van der Waals surface area contributed by atoms with Crippen molar-refractivity contribution in [3.8, 4) is 23.8 Å². The number of hydrogen-bond acceptors (Lipinski definition) is 3. The lowest BCUT2D eigenvalue weighted by molar-refractivity contribution is -0.121. The lowest BCUT2D eigenvalue weighted by Gasteiger charge is -2.11. The Labute approximate surface area is 163 Å². The summed E-state index contributed by atoms with van der Waals surface area (Å²) in [6, 6.07) is 10.7. The molecule has 0 radical (unpaired) electrons. The molecule has 136 valence electrons. The van der Waals surface area contributed by atoms with E-state index in [0.29, 0.717) is 40.9 Å². The van der Waals surface area contributed by atoms with E-state index in [0.717, 1.165) is 11.1 Å². The van der Waals surface area contributed by atoms with Gasteiger partial charge in [0.1, 0.15) is 6.61 Å². The first-order chi connectivity index (χ1) is 12.5. The summed E-state index contributed by atoms with van der Waals surface area (Å²) in [5.74, 6) is 3.51. The summed E-state index contributed by atoms with van der Waals surface area (Å²) in [5.41, 5.74) is 1.79. The number of hydrogen-bond donors (Lipinski definition) is 1. The van der Waals surface area contributed by atoms with E-state index in [2.05, 4.69) is 11.2 Å². The van der Waals surface area contributed by atoms with E-state index in [9.17, 15) is 4.79 Å². The Morgan fingerprint density at radius 3 is 2.69 bits per heavy atom. The molecular formula is C20H19Cl2NO3. The number of methoxy groups -OCH3 is 1. The molecule has 4 nitrogen and oxygen atoms in total. The molecule has 0 unspecified atom stereocenters. The highest BCUT2D eigenvalue weighted by molar-refractivity contribution is 6.35. The normalized spacial score (nSPS) is 10.1. The summed E-state index contributed by atoms with van der Waals surface area (Å²) in [4.78, 5) is 12.1. The van der Waals surface area contributed by atoms with Crippen molar-refractivity contribution in [3.05, 3.63) is 57.6 Å². The molecule has 0 aliphatic carbocycles. The maximum Gasteiger partial charge on any atom is 0.220 e. The van der Waals surface area contributed by atoms with E-state index in [-0.39, 0.29) is 12.5 Å². The molecule has 0 aliphatic heterocycles. The zero-order valence-electron chi connectivity index (χ0n) is 14.4. The summed E-state index contributed by atoms with van der Waals surface area (Å²) in [6.45, 7) is 0.530. The molecule has 0 atom stereocenters. The third kappa shape index (κ3) is 5.87. The maximum absolute atomic E-state index is 12.1. The maximum atomic E-state index is 12.1. The van der Waals surface area contributed by atoms with Gasteiger partial charge >= 0.3 is 0 Å². The van der Waals surface area contributed by atoms with E-state index < -0.39 is 0 Å². The minimum absolute atomic E-state index is 0.0670. The number of ether oxygens (including phenoxy) is 2. The van der Waals surface area contributed by atoms with Crippen LogP contribution in [0, 0.1) is 12.3 Å². The van der Waals surface area contributed by atoms with E-state index in [1.54, 1.807) is 31.4 Å². The average Bonchev–Trinajstić information content (AvgIpc) is 2.64. The van der Waals surface area contributed by atoms with Crippen LogP contribution in [0.15, 0.2) is 36.4 Å². The monoisotopic (exact) mass is 391 g/mol. The minimum atomic E-state index is -0.0670. The van der Waals surface area contributed by atoms with Crippen molar-refractivity contribution in [1.29, 1.82) is 0 Å². The van der Waals surface area contributed by atoms with Crippen LogP contribution in [0.5, 0.6) is 11.5 Å². The van der Waals surface area contributed by atoms with Crippen LogP contribution in [0.2, 0.25) is 10.0 Å². The molecule has 6 heteroatoms. The Morgan fingerprint density at radius 1 is 1.19 bits per heavy atom. The van der Waals surface area contributed by atoms with Crippen LogP contribution in [0.25, 0.3) is 0 Å². The summed E-state index contributed by atoms with van der Waals surface area (Å²) in [5, 5.41) is 3.95. The number of rotatable bonds is 8. The zero-order chi connectivity index (χ0) is 18.9. The highest BCUT2D eigenvalue weighted by Gasteiger charge is 2.08. The predicted octanol–water partition coefficient (Wildman–Crippen LogP) is 4.26. The number of halogens is 2. The second-order valence-electron chi connectivity index (χ2n) is 5.49. The highest BCUT2D eigenvalue weighted by atomic mass is 35.5. The Morgan fingerprint density at radius 2 is 2.00 bits per heavy atom. The number of terminal acetylenes is 1. The lowest BCUT2D eigenvalue weighted by Crippen LogP contribution is -2.23. The molecule has 2 aromatic rings. The van der Waals surface area contributed by atoms with Crippen molar-refractivity contribution in [2.24, 2.45) is 0 Å². The Kier molecular flexibility index (Phi) is 7.65. The van der Waals surface area contributed by atoms with Crippen molar-refractivity contribution in [3.63, 3.8) is 0 Å². The van der Waals surface area contributed by atoms with Gasteiger partial charge in [-0.3, -0.25) is 4.79 Å². The number of benzene rings is 2. The van der Waals surface area contributed by atoms with Crippen LogP contribution in [0.3, 0.4) is 0 Å². The van der Waals surface area contributed by atoms with Gasteiger partial charge in [-0.05, 0) is 41.8 Å². The minimum Gasteiger partial charge on any atom is -0.493 e. The van der Waals surface area contributed by atoms with Gasteiger partial charge in [0.2, 0.25) is 5.91 Å². The van der Waals surface area contributed by atoms with Crippen molar-refractivity contribution >= 4 is 29.1 Å². The first kappa shape index (κ1) is 20.0. The van der Waals surface area contributed by atoms with Crippen LogP contribution in [-0.2, 0) is 17.8 Å². The van der Waals surface area contributed by atoms with Gasteiger partial charge in [0.25, 0.3) is 0 Å². The quantitative estimate of drug-likeness (QED) is 0.683. The number of nitrogens with one attached hydrogen (secondary N) is 1. The van der Waals surface area contributed by atoms with Gasteiger partial charge in [-0.2, -0.15) is 0 Å². The predicted molar refractivity (Wildman–Crippen MR) is 104 cm³/mol. The Bertz CT molecular complexity index is 815. The fourth-order valence-electron chi connectivity index (χ4n) is 2.31. The van der Waals surface area contributed by atoms with Crippen LogP contribution < -0.4 is 14.8 Å². The van der Waals surface area contributed by atoms with Crippen molar-refractivity contribution in [2.45, 2.75) is 19.4 Å². The van der Waals surface area contributed by atoms with Gasteiger partial charge in [0, 0.05) is 23.0 Å². The van der Waals surface area contributed by atoms with Crippen LogP contribution >= 0.6 is 23.2 Å². The van der Waals surface area contributed by atoms with E-state index in [4.69, 9.17) is 39.1 Å². The smallest absolute Gasteiger partial charge is 0.220 e. The fraction of sp³-hybridized carbons (Fsp3) is 0.250. The molecule has 2 aromatic carbocycles. The molecule has 26 heavy (non-hydrogen) atoms. The summed E-state index contributed by atoms with van der Waals surface area (Å²) >= 11 is 12.0. The molecule has 1 N–H and O–H groups in total. The molecule has 0 saturated carbocycles. The molecule has 0 bridgehead atoms.